The molecule has 0 bridgehead atoms. The Morgan fingerprint density at radius 1 is 1.35 bits per heavy atom. The topological polar surface area (TPSA) is 21.7 Å². The van der Waals surface area contributed by atoms with Crippen LogP contribution in [-0.4, -0.2) is 37.8 Å². The molecule has 0 aliphatic carbocycles. The van der Waals surface area contributed by atoms with Gasteiger partial charge in [0.05, 0.1) is 24.3 Å². The average Bonchev–Trinajstić information content (AvgIpc) is 2.34. The van der Waals surface area contributed by atoms with Gasteiger partial charge in [0.25, 0.3) is 0 Å². The highest BCUT2D eigenvalue weighted by molar-refractivity contribution is 9.10. The van der Waals surface area contributed by atoms with Crippen LogP contribution in [0, 0.1) is 0 Å². The van der Waals surface area contributed by atoms with E-state index in [9.17, 15) is 0 Å². The predicted octanol–water partition coefficient (Wildman–Crippen LogP) is 2.68. The Morgan fingerprint density at radius 3 is 2.76 bits per heavy atom. The summed E-state index contributed by atoms with van der Waals surface area (Å²) in [5, 5.41) is 0. The van der Waals surface area contributed by atoms with Crippen LogP contribution < -0.4 is 4.74 Å². The van der Waals surface area contributed by atoms with E-state index in [1.54, 1.807) is 0 Å². The van der Waals surface area contributed by atoms with Gasteiger partial charge in [0, 0.05) is 19.6 Å². The largest absolute Gasteiger partial charge is 0.493 e. The number of hydrogen-bond acceptors (Lipinski definition) is 3. The van der Waals surface area contributed by atoms with Gasteiger partial charge in [0.2, 0.25) is 0 Å². The lowest BCUT2D eigenvalue weighted by atomic mass is 10.2. The Labute approximate surface area is 111 Å². The summed E-state index contributed by atoms with van der Waals surface area (Å²) < 4.78 is 11.9. The van der Waals surface area contributed by atoms with Crippen molar-refractivity contribution in [2.24, 2.45) is 0 Å². The lowest BCUT2D eigenvalue weighted by Gasteiger charge is -2.26. The van der Waals surface area contributed by atoms with Crippen molar-refractivity contribution in [3.05, 3.63) is 28.2 Å². The number of benzene rings is 1. The number of ether oxygens (including phenoxy) is 2. The van der Waals surface area contributed by atoms with Gasteiger partial charge in [-0.15, -0.1) is 0 Å². The molecule has 1 aliphatic rings. The molecule has 1 saturated heterocycles. The van der Waals surface area contributed by atoms with E-state index in [1.165, 1.54) is 5.56 Å². The van der Waals surface area contributed by atoms with Gasteiger partial charge in [-0.05, 0) is 40.5 Å². The Bertz CT molecular complexity index is 364. The van der Waals surface area contributed by atoms with Gasteiger partial charge in [-0.25, -0.2) is 0 Å². The summed E-state index contributed by atoms with van der Waals surface area (Å²) in [7, 11) is 0. The molecule has 0 N–H and O–H groups in total. The quantitative estimate of drug-likeness (QED) is 0.853. The van der Waals surface area contributed by atoms with Crippen LogP contribution in [0.1, 0.15) is 12.5 Å². The Morgan fingerprint density at radius 2 is 2.12 bits per heavy atom. The third kappa shape index (κ3) is 3.69. The summed E-state index contributed by atoms with van der Waals surface area (Å²) in [4.78, 5) is 2.41. The zero-order valence-corrected chi connectivity index (χ0v) is 11.7. The second kappa shape index (κ2) is 6.38. The van der Waals surface area contributed by atoms with E-state index in [0.717, 1.165) is 43.1 Å². The van der Waals surface area contributed by atoms with Crippen LogP contribution in [0.3, 0.4) is 0 Å². The van der Waals surface area contributed by atoms with Gasteiger partial charge in [0.15, 0.2) is 0 Å². The van der Waals surface area contributed by atoms with Crippen molar-refractivity contribution >= 4 is 15.9 Å². The van der Waals surface area contributed by atoms with E-state index < -0.39 is 0 Å². The Balaban J connectivity index is 1.98. The standard InChI is InChI=1S/C13H18BrNO2/c1-2-17-13-4-3-11(9-12(13)14)10-15-5-7-16-8-6-15/h3-4,9H,2,5-8,10H2,1H3. The molecule has 0 radical (unpaired) electrons. The number of morpholine rings is 1. The highest BCUT2D eigenvalue weighted by Gasteiger charge is 2.11. The molecule has 0 unspecified atom stereocenters. The minimum absolute atomic E-state index is 0.696. The fourth-order valence-corrected chi connectivity index (χ4v) is 2.47. The molecule has 0 spiro atoms. The number of rotatable bonds is 4. The van der Waals surface area contributed by atoms with Crippen LogP contribution >= 0.6 is 15.9 Å². The van der Waals surface area contributed by atoms with E-state index in [1.807, 2.05) is 13.0 Å². The van der Waals surface area contributed by atoms with Gasteiger partial charge in [-0.1, -0.05) is 6.07 Å². The van der Waals surface area contributed by atoms with E-state index in [0.29, 0.717) is 6.61 Å². The SMILES string of the molecule is CCOc1ccc(CN2CCOCC2)cc1Br. The van der Waals surface area contributed by atoms with E-state index in [-0.39, 0.29) is 0 Å². The summed E-state index contributed by atoms with van der Waals surface area (Å²) in [6.07, 6.45) is 0. The van der Waals surface area contributed by atoms with E-state index in [4.69, 9.17) is 9.47 Å². The van der Waals surface area contributed by atoms with Gasteiger partial charge in [0.1, 0.15) is 5.75 Å². The third-order valence-corrected chi connectivity index (χ3v) is 3.43. The molecule has 1 aliphatic heterocycles. The maximum Gasteiger partial charge on any atom is 0.133 e. The Kier molecular flexibility index (Phi) is 4.83. The van der Waals surface area contributed by atoms with Gasteiger partial charge < -0.3 is 9.47 Å². The van der Waals surface area contributed by atoms with Crippen LogP contribution in [0.5, 0.6) is 5.75 Å². The fourth-order valence-electron chi connectivity index (χ4n) is 1.93. The summed E-state index contributed by atoms with van der Waals surface area (Å²) in [6, 6.07) is 6.30. The monoisotopic (exact) mass is 299 g/mol. The zero-order chi connectivity index (χ0) is 12.1. The van der Waals surface area contributed by atoms with Gasteiger partial charge in [-0.3, -0.25) is 4.90 Å². The first-order valence-electron chi connectivity index (χ1n) is 6.01. The van der Waals surface area contributed by atoms with Crippen LogP contribution in [0.25, 0.3) is 0 Å². The van der Waals surface area contributed by atoms with Crippen molar-refractivity contribution in [3.63, 3.8) is 0 Å². The van der Waals surface area contributed by atoms with Crippen LogP contribution in [0.4, 0.5) is 0 Å². The first-order valence-corrected chi connectivity index (χ1v) is 6.80. The molecule has 0 aromatic heterocycles. The number of halogens is 1. The predicted molar refractivity (Wildman–Crippen MR) is 71.4 cm³/mol. The van der Waals surface area contributed by atoms with Crippen molar-refractivity contribution in [3.8, 4) is 5.75 Å². The minimum atomic E-state index is 0.696. The van der Waals surface area contributed by atoms with Crippen molar-refractivity contribution in [1.29, 1.82) is 0 Å². The van der Waals surface area contributed by atoms with E-state index in [2.05, 4.69) is 33.0 Å². The fraction of sp³-hybridized carbons (Fsp3) is 0.538. The first-order chi connectivity index (χ1) is 8.29. The highest BCUT2D eigenvalue weighted by Crippen LogP contribution is 2.26. The molecule has 94 valence electrons. The molecule has 4 heteroatoms. The number of hydrogen-bond donors (Lipinski definition) is 0. The van der Waals surface area contributed by atoms with E-state index >= 15 is 0 Å². The molecule has 1 aromatic carbocycles. The molecule has 1 aromatic rings. The summed E-state index contributed by atoms with van der Waals surface area (Å²) in [5.41, 5.74) is 1.31. The minimum Gasteiger partial charge on any atom is -0.493 e. The average molecular weight is 300 g/mol. The zero-order valence-electron chi connectivity index (χ0n) is 10.1. The van der Waals surface area contributed by atoms with Crippen molar-refractivity contribution in [2.75, 3.05) is 32.9 Å². The summed E-state index contributed by atoms with van der Waals surface area (Å²) >= 11 is 3.54. The maximum absolute atomic E-state index is 5.50. The van der Waals surface area contributed by atoms with Crippen LogP contribution in [0.2, 0.25) is 0 Å². The molecule has 17 heavy (non-hydrogen) atoms. The molecule has 1 heterocycles. The van der Waals surface area contributed by atoms with Crippen molar-refractivity contribution in [1.82, 2.24) is 4.90 Å². The van der Waals surface area contributed by atoms with Crippen LogP contribution in [-0.2, 0) is 11.3 Å². The molecule has 3 nitrogen and oxygen atoms in total. The smallest absolute Gasteiger partial charge is 0.133 e. The molecule has 0 atom stereocenters. The molecule has 0 amide bonds. The Hall–Kier alpha value is -0.580. The molecule has 2 rings (SSSR count). The lowest BCUT2D eigenvalue weighted by molar-refractivity contribution is 0.0342. The summed E-state index contributed by atoms with van der Waals surface area (Å²) in [5.74, 6) is 0.915. The third-order valence-electron chi connectivity index (χ3n) is 2.81. The molecule has 0 saturated carbocycles. The van der Waals surface area contributed by atoms with Gasteiger partial charge >= 0.3 is 0 Å². The molecule has 1 fully saturated rings. The van der Waals surface area contributed by atoms with Crippen LogP contribution in [0.15, 0.2) is 22.7 Å². The maximum atomic E-state index is 5.50. The highest BCUT2D eigenvalue weighted by atomic mass is 79.9. The second-order valence-corrected chi connectivity index (χ2v) is 4.94. The summed E-state index contributed by atoms with van der Waals surface area (Å²) in [6.45, 7) is 7.40. The number of nitrogens with zero attached hydrogens (tertiary/aromatic N) is 1. The second-order valence-electron chi connectivity index (χ2n) is 4.09. The molecular weight excluding hydrogens is 282 g/mol. The molecular formula is C13H18BrNO2. The first kappa shape index (κ1) is 12.9. The van der Waals surface area contributed by atoms with Gasteiger partial charge in [-0.2, -0.15) is 0 Å². The normalized spacial score (nSPS) is 17.1. The van der Waals surface area contributed by atoms with Crippen molar-refractivity contribution < 1.29 is 9.47 Å². The van der Waals surface area contributed by atoms with Crippen molar-refractivity contribution in [2.45, 2.75) is 13.5 Å². The lowest BCUT2D eigenvalue weighted by Crippen LogP contribution is -2.35.